The van der Waals surface area contributed by atoms with Gasteiger partial charge in [0.2, 0.25) is 0 Å². The second-order valence-electron chi connectivity index (χ2n) is 6.69. The summed E-state index contributed by atoms with van der Waals surface area (Å²) in [7, 11) is 0. The van der Waals surface area contributed by atoms with Crippen LogP contribution in [0, 0.1) is 10.1 Å². The lowest BCUT2D eigenvalue weighted by Crippen LogP contribution is -2.52. The van der Waals surface area contributed by atoms with Crippen LogP contribution in [-0.4, -0.2) is 31.3 Å². The first-order valence-corrected chi connectivity index (χ1v) is 7.13. The van der Waals surface area contributed by atoms with E-state index < -0.39 is 16.0 Å². The Hall–Kier alpha value is -2.45. The summed E-state index contributed by atoms with van der Waals surface area (Å²) in [5.74, 6) is 0.0406. The number of hydrogen-bond acceptors (Lipinski definition) is 6. The minimum Gasteiger partial charge on any atom is -0.286 e. The number of non-ortho nitro benzene ring substituents is 1. The van der Waals surface area contributed by atoms with E-state index in [-0.39, 0.29) is 17.2 Å². The highest BCUT2D eigenvalue weighted by molar-refractivity contribution is 5.53. The summed E-state index contributed by atoms with van der Waals surface area (Å²) in [5.41, 5.74) is -1.47. The molecule has 8 nitrogen and oxygen atoms in total. The van der Waals surface area contributed by atoms with Crippen LogP contribution in [0.3, 0.4) is 0 Å². The fraction of sp³-hybridized carbons (Fsp3) is 0.400. The second-order valence-corrected chi connectivity index (χ2v) is 6.69. The Morgan fingerprint density at radius 2 is 1.87 bits per heavy atom. The molecule has 2 heterocycles. The van der Waals surface area contributed by atoms with Crippen LogP contribution in [0.1, 0.15) is 27.7 Å². The quantitative estimate of drug-likeness (QED) is 0.617. The summed E-state index contributed by atoms with van der Waals surface area (Å²) in [6, 6.07) is 4.31. The van der Waals surface area contributed by atoms with Gasteiger partial charge in [0.25, 0.3) is 5.69 Å². The maximum Gasteiger partial charge on any atom is 0.271 e. The molecular formula is C15H17N4O4. The Morgan fingerprint density at radius 3 is 2.39 bits per heavy atom. The molecule has 1 aromatic carbocycles. The van der Waals surface area contributed by atoms with Gasteiger partial charge in [-0.15, -0.1) is 0 Å². The molecule has 1 saturated heterocycles. The number of allylic oxidation sites excluding steroid dienone is 1. The summed E-state index contributed by atoms with van der Waals surface area (Å²) in [6.07, 6.45) is 1.64. The minimum atomic E-state index is -0.867. The standard InChI is InChI=1S/C15H17N4O4/c1-14(2)15(3,4)18(21)13(17(14)20)12-7-9-5-6-10(19(22)23)8-11(9)16-12/h5-8,20H,1-4H3/b13-12+. The van der Waals surface area contributed by atoms with Crippen LogP contribution in [0.15, 0.2) is 34.7 Å². The van der Waals surface area contributed by atoms with Crippen LogP contribution >= 0.6 is 0 Å². The molecule has 2 aliphatic rings. The van der Waals surface area contributed by atoms with Gasteiger partial charge >= 0.3 is 0 Å². The Balaban J connectivity index is 2.19. The maximum atomic E-state index is 12.6. The van der Waals surface area contributed by atoms with E-state index in [0.29, 0.717) is 10.6 Å². The fourth-order valence-corrected chi connectivity index (χ4v) is 2.62. The van der Waals surface area contributed by atoms with Crippen molar-refractivity contribution < 1.29 is 15.3 Å². The van der Waals surface area contributed by atoms with E-state index in [2.05, 4.69) is 4.99 Å². The highest BCUT2D eigenvalue weighted by Crippen LogP contribution is 2.44. The summed E-state index contributed by atoms with van der Waals surface area (Å²) in [6.45, 7) is 7.00. The third-order valence-corrected chi connectivity index (χ3v) is 4.91. The Kier molecular flexibility index (Phi) is 3.04. The first kappa shape index (κ1) is 15.4. The average molecular weight is 317 g/mol. The Morgan fingerprint density at radius 1 is 1.22 bits per heavy atom. The van der Waals surface area contributed by atoms with E-state index in [4.69, 9.17) is 0 Å². The molecule has 0 saturated carbocycles. The van der Waals surface area contributed by atoms with Gasteiger partial charge in [-0.1, -0.05) is 5.21 Å². The summed E-state index contributed by atoms with van der Waals surface area (Å²) < 4.78 is 0. The Labute approximate surface area is 132 Å². The van der Waals surface area contributed by atoms with Gasteiger partial charge in [0.1, 0.15) is 5.70 Å². The van der Waals surface area contributed by atoms with E-state index in [0.717, 1.165) is 10.1 Å². The minimum absolute atomic E-state index is 0.0406. The lowest BCUT2D eigenvalue weighted by atomic mass is 9.84. The zero-order chi connectivity index (χ0) is 17.2. The van der Waals surface area contributed by atoms with Crippen molar-refractivity contribution in [1.29, 1.82) is 0 Å². The van der Waals surface area contributed by atoms with Crippen molar-refractivity contribution in [3.8, 4) is 0 Å². The largest absolute Gasteiger partial charge is 0.286 e. The van der Waals surface area contributed by atoms with E-state index in [1.165, 1.54) is 12.1 Å². The molecule has 1 N–H and O–H groups in total. The number of hydroxylamine groups is 4. The molecule has 8 heteroatoms. The van der Waals surface area contributed by atoms with Crippen molar-refractivity contribution >= 4 is 11.8 Å². The van der Waals surface area contributed by atoms with Crippen LogP contribution in [0.2, 0.25) is 0 Å². The molecule has 0 aliphatic carbocycles. The molecule has 0 spiro atoms. The van der Waals surface area contributed by atoms with Gasteiger partial charge in [-0.05, 0) is 39.8 Å². The van der Waals surface area contributed by atoms with E-state index >= 15 is 0 Å². The number of hydrogen-bond donors (Lipinski definition) is 1. The van der Waals surface area contributed by atoms with Gasteiger partial charge in [0.05, 0.1) is 21.4 Å². The molecular weight excluding hydrogens is 300 g/mol. The van der Waals surface area contributed by atoms with Gasteiger partial charge in [-0.2, -0.15) is 5.06 Å². The first-order chi connectivity index (χ1) is 10.6. The van der Waals surface area contributed by atoms with Crippen molar-refractivity contribution in [3.05, 3.63) is 50.4 Å². The summed E-state index contributed by atoms with van der Waals surface area (Å²) in [5, 5.41) is 36.7. The van der Waals surface area contributed by atoms with Crippen LogP contribution < -0.4 is 10.6 Å². The van der Waals surface area contributed by atoms with Gasteiger partial charge in [0, 0.05) is 17.4 Å². The van der Waals surface area contributed by atoms with E-state index in [1.807, 2.05) is 0 Å². The fourth-order valence-electron chi connectivity index (χ4n) is 2.62. The van der Waals surface area contributed by atoms with Crippen molar-refractivity contribution in [2.75, 3.05) is 0 Å². The number of nitro benzene ring substituents is 1. The van der Waals surface area contributed by atoms with E-state index in [1.54, 1.807) is 39.8 Å². The SMILES string of the molecule is CC1(C)N([O])/C(=C2\C=c3ccc([N+](=O)[O-])cc3=N2)N(O)C1(C)C. The number of nitrogens with zero attached hydrogens (tertiary/aromatic N) is 4. The number of fused-ring (bicyclic) bond motifs is 1. The van der Waals surface area contributed by atoms with Crippen molar-refractivity contribution in [1.82, 2.24) is 10.1 Å². The van der Waals surface area contributed by atoms with Crippen LogP contribution in [0.25, 0.3) is 6.08 Å². The lowest BCUT2D eigenvalue weighted by molar-refractivity contribution is -0.385. The van der Waals surface area contributed by atoms with Gasteiger partial charge < -0.3 is 0 Å². The molecule has 2 aliphatic heterocycles. The monoisotopic (exact) mass is 317 g/mol. The molecule has 0 unspecified atom stereocenters. The van der Waals surface area contributed by atoms with Crippen LogP contribution in [0.5, 0.6) is 0 Å². The molecule has 1 radical (unpaired) electrons. The molecule has 23 heavy (non-hydrogen) atoms. The third kappa shape index (κ3) is 1.95. The predicted molar refractivity (Wildman–Crippen MR) is 79.7 cm³/mol. The van der Waals surface area contributed by atoms with Gasteiger partial charge in [-0.25, -0.2) is 10.1 Å². The van der Waals surface area contributed by atoms with Crippen LogP contribution in [-0.2, 0) is 5.21 Å². The summed E-state index contributed by atoms with van der Waals surface area (Å²) >= 11 is 0. The van der Waals surface area contributed by atoms with E-state index in [9.17, 15) is 20.5 Å². The molecule has 0 amide bonds. The molecule has 1 aromatic rings. The van der Waals surface area contributed by atoms with Crippen LogP contribution in [0.4, 0.5) is 5.69 Å². The normalized spacial score (nSPS) is 24.3. The van der Waals surface area contributed by atoms with Crippen molar-refractivity contribution in [3.63, 3.8) is 0 Å². The van der Waals surface area contributed by atoms with Crippen molar-refractivity contribution in [2.24, 2.45) is 4.99 Å². The zero-order valence-electron chi connectivity index (χ0n) is 13.3. The second kappa shape index (κ2) is 4.53. The molecule has 3 rings (SSSR count). The third-order valence-electron chi connectivity index (χ3n) is 4.91. The highest BCUT2D eigenvalue weighted by Gasteiger charge is 2.57. The number of rotatable bonds is 1. The molecule has 1 fully saturated rings. The van der Waals surface area contributed by atoms with Gasteiger partial charge in [0.15, 0.2) is 5.82 Å². The van der Waals surface area contributed by atoms with Crippen molar-refractivity contribution in [2.45, 2.75) is 38.8 Å². The number of benzene rings is 1. The maximum absolute atomic E-state index is 12.6. The number of nitro groups is 1. The summed E-state index contributed by atoms with van der Waals surface area (Å²) in [4.78, 5) is 14.6. The smallest absolute Gasteiger partial charge is 0.271 e. The van der Waals surface area contributed by atoms with Gasteiger partial charge in [-0.3, -0.25) is 15.3 Å². The first-order valence-electron chi connectivity index (χ1n) is 7.13. The molecule has 0 aromatic heterocycles. The zero-order valence-corrected chi connectivity index (χ0v) is 13.3. The average Bonchev–Trinajstić information content (AvgIpc) is 2.92. The Bertz CT molecular complexity index is 835. The highest BCUT2D eigenvalue weighted by atomic mass is 16.6. The predicted octanol–water partition coefficient (Wildman–Crippen LogP) is 1.09. The molecule has 0 atom stereocenters. The lowest BCUT2D eigenvalue weighted by Gasteiger charge is -2.36. The topological polar surface area (TPSA) is 102 Å². The molecule has 121 valence electrons. The molecule has 0 bridgehead atoms.